The number of amides is 2. The third kappa shape index (κ3) is 6.80. The number of anilines is 1. The first kappa shape index (κ1) is 25.6. The topological polar surface area (TPSA) is 80.2 Å². The molecule has 2 aromatic rings. The van der Waals surface area contributed by atoms with Gasteiger partial charge in [-0.05, 0) is 44.4 Å². The Morgan fingerprint density at radius 3 is 2.10 bits per heavy atom. The van der Waals surface area contributed by atoms with E-state index in [0.717, 1.165) is 27.9 Å². The highest BCUT2D eigenvalue weighted by Crippen LogP contribution is 2.18. The van der Waals surface area contributed by atoms with Crippen LogP contribution < -0.4 is 16.2 Å². The lowest BCUT2D eigenvalue weighted by atomic mass is 10.0. The highest BCUT2D eigenvalue weighted by atomic mass is 128. The van der Waals surface area contributed by atoms with Crippen molar-refractivity contribution in [3.63, 3.8) is 0 Å². The number of carbonyl (C=O) groups excluding carboxylic acids is 2. The zero-order chi connectivity index (χ0) is 22.3. The summed E-state index contributed by atoms with van der Waals surface area (Å²) in [6, 6.07) is 7.01. The van der Waals surface area contributed by atoms with Gasteiger partial charge in [-0.25, -0.2) is 0 Å². The van der Waals surface area contributed by atoms with Crippen LogP contribution in [-0.2, 0) is 23.1 Å². The van der Waals surface area contributed by atoms with Crippen LogP contribution in [0.25, 0.3) is 0 Å². The maximum Gasteiger partial charge on any atom is 0.274 e. The Hall–Kier alpha value is -1.43. The normalized spacial score (nSPS) is 11.2. The first-order chi connectivity index (χ1) is 13.6. The number of carbonyl (C=O) groups is 2. The molecule has 1 unspecified atom stereocenters. The zero-order valence-electron chi connectivity index (χ0n) is 17.5. The van der Waals surface area contributed by atoms with E-state index in [1.165, 1.54) is 11.5 Å². The molecule has 8 heteroatoms. The highest BCUT2D eigenvalue weighted by molar-refractivity contribution is 15.0. The minimum atomic E-state index is -0.768. The molecular weight excluding hydrogens is 596 g/mol. The molecule has 1 aromatic carbocycles. The Morgan fingerprint density at radius 2 is 1.59 bits per heavy atom. The molecule has 1 heterocycles. The standard InChI is InChI=1S/C21H27N3O3.I2/c1-12-7-9-17(10-8-12)11-18(22-16(5)25)20(26)23-19-14(3)13(2)15(4)24(6)21(19)27;1-2/h7-10,18H,11H2,1-6H3,(H,22,25)(H,23,26);. The minimum Gasteiger partial charge on any atom is -0.344 e. The van der Waals surface area contributed by atoms with Crippen LogP contribution in [0.2, 0.25) is 0 Å². The molecule has 2 rings (SSSR count). The molecule has 0 fully saturated rings. The smallest absolute Gasteiger partial charge is 0.274 e. The van der Waals surface area contributed by atoms with Crippen molar-refractivity contribution >= 4 is 54.7 Å². The van der Waals surface area contributed by atoms with Crippen molar-refractivity contribution in [3.05, 3.63) is 62.6 Å². The molecule has 0 bridgehead atoms. The van der Waals surface area contributed by atoms with Crippen LogP contribution in [0.15, 0.2) is 29.1 Å². The van der Waals surface area contributed by atoms with Crippen molar-refractivity contribution in [3.8, 4) is 0 Å². The van der Waals surface area contributed by atoms with Crippen LogP contribution in [0.5, 0.6) is 0 Å². The summed E-state index contributed by atoms with van der Waals surface area (Å²) < 4.78 is 1.52. The Bertz CT molecular complexity index is 938. The molecular formula is C21H27I2N3O3. The maximum absolute atomic E-state index is 12.9. The number of benzene rings is 1. The molecule has 6 nitrogen and oxygen atoms in total. The van der Waals surface area contributed by atoms with E-state index in [1.807, 2.05) is 52.0 Å². The lowest BCUT2D eigenvalue weighted by molar-refractivity contribution is -0.125. The van der Waals surface area contributed by atoms with Crippen LogP contribution >= 0.6 is 37.2 Å². The van der Waals surface area contributed by atoms with E-state index in [0.29, 0.717) is 6.42 Å². The van der Waals surface area contributed by atoms with Gasteiger partial charge in [0.05, 0.1) is 0 Å². The Balaban J connectivity index is 0.00000204. The SMILES string of the molecule is CC(=O)NC(Cc1ccc(C)cc1)C(=O)Nc1c(C)c(C)c(C)n(C)c1=O.II. The van der Waals surface area contributed by atoms with E-state index in [-0.39, 0.29) is 17.2 Å². The summed E-state index contributed by atoms with van der Waals surface area (Å²) in [5.41, 5.74) is 4.58. The second-order valence-corrected chi connectivity index (χ2v) is 7.01. The van der Waals surface area contributed by atoms with E-state index in [9.17, 15) is 14.4 Å². The number of halogens is 2. The van der Waals surface area contributed by atoms with Gasteiger partial charge >= 0.3 is 0 Å². The molecule has 0 spiro atoms. The molecule has 0 saturated carbocycles. The fourth-order valence-corrected chi connectivity index (χ4v) is 2.96. The van der Waals surface area contributed by atoms with E-state index in [4.69, 9.17) is 0 Å². The van der Waals surface area contributed by atoms with E-state index in [2.05, 4.69) is 47.9 Å². The molecule has 29 heavy (non-hydrogen) atoms. The summed E-state index contributed by atoms with van der Waals surface area (Å²) in [6.07, 6.45) is 0.343. The van der Waals surface area contributed by atoms with Crippen molar-refractivity contribution in [2.24, 2.45) is 7.05 Å². The van der Waals surface area contributed by atoms with E-state index >= 15 is 0 Å². The minimum absolute atomic E-state index is 0.254. The van der Waals surface area contributed by atoms with Crippen LogP contribution in [0.4, 0.5) is 5.69 Å². The van der Waals surface area contributed by atoms with E-state index < -0.39 is 11.9 Å². The lowest BCUT2D eigenvalue weighted by Crippen LogP contribution is -2.45. The van der Waals surface area contributed by atoms with Crippen molar-refractivity contribution in [1.29, 1.82) is 0 Å². The Kier molecular flexibility index (Phi) is 10.3. The number of hydrogen-bond acceptors (Lipinski definition) is 3. The number of aromatic nitrogens is 1. The number of pyridine rings is 1. The molecule has 158 valence electrons. The number of nitrogens with zero attached hydrogens (tertiary/aromatic N) is 1. The maximum atomic E-state index is 12.9. The molecule has 0 aliphatic rings. The third-order valence-electron chi connectivity index (χ3n) is 5.00. The first-order valence-corrected chi connectivity index (χ1v) is 15.3. The predicted octanol–water partition coefficient (Wildman–Crippen LogP) is 4.08. The van der Waals surface area contributed by atoms with Gasteiger partial charge in [0.2, 0.25) is 11.8 Å². The van der Waals surface area contributed by atoms with E-state index in [1.54, 1.807) is 7.05 Å². The molecule has 2 N–H and O–H groups in total. The van der Waals surface area contributed by atoms with Gasteiger partial charge in [0.15, 0.2) is 0 Å². The Labute approximate surface area is 195 Å². The number of aryl methyl sites for hydroxylation is 1. The second kappa shape index (κ2) is 11.7. The van der Waals surface area contributed by atoms with Crippen molar-refractivity contribution in [2.45, 2.75) is 47.1 Å². The molecule has 2 amide bonds. The quantitative estimate of drug-likeness (QED) is 0.494. The van der Waals surface area contributed by atoms with Gasteiger partial charge in [0.25, 0.3) is 5.56 Å². The third-order valence-corrected chi connectivity index (χ3v) is 5.00. The van der Waals surface area contributed by atoms with Crippen LogP contribution in [0.3, 0.4) is 0 Å². The molecule has 0 radical (unpaired) electrons. The van der Waals surface area contributed by atoms with Gasteiger partial charge in [0, 0.05) is 63.3 Å². The van der Waals surface area contributed by atoms with Gasteiger partial charge in [-0.15, -0.1) is 0 Å². The highest BCUT2D eigenvalue weighted by Gasteiger charge is 2.23. The molecule has 1 aromatic heterocycles. The monoisotopic (exact) mass is 623 g/mol. The number of hydrogen-bond donors (Lipinski definition) is 2. The summed E-state index contributed by atoms with van der Waals surface area (Å²) in [7, 11) is 1.68. The molecule has 1 atom stereocenters. The second-order valence-electron chi connectivity index (χ2n) is 7.01. The lowest BCUT2D eigenvalue weighted by Gasteiger charge is -2.20. The summed E-state index contributed by atoms with van der Waals surface area (Å²) in [6.45, 7) is 8.95. The number of nitrogens with one attached hydrogen (secondary N) is 2. The average molecular weight is 623 g/mol. The van der Waals surface area contributed by atoms with Gasteiger partial charge in [-0.3, -0.25) is 14.4 Å². The fourth-order valence-electron chi connectivity index (χ4n) is 2.96. The van der Waals surface area contributed by atoms with Crippen LogP contribution in [-0.4, -0.2) is 22.4 Å². The first-order valence-electron chi connectivity index (χ1n) is 9.06. The van der Waals surface area contributed by atoms with Gasteiger partial charge in [-0.2, -0.15) is 0 Å². The summed E-state index contributed by atoms with van der Waals surface area (Å²) in [4.78, 5) is 37.0. The summed E-state index contributed by atoms with van der Waals surface area (Å²) in [5, 5.41) is 5.42. The summed E-state index contributed by atoms with van der Waals surface area (Å²) >= 11 is 4.24. The zero-order valence-corrected chi connectivity index (χ0v) is 21.8. The fraction of sp³-hybridized carbons (Fsp3) is 0.381. The molecule has 0 aliphatic carbocycles. The van der Waals surface area contributed by atoms with Crippen LogP contribution in [0, 0.1) is 27.7 Å². The van der Waals surface area contributed by atoms with Crippen molar-refractivity contribution in [2.75, 3.05) is 5.32 Å². The van der Waals surface area contributed by atoms with Crippen molar-refractivity contribution < 1.29 is 9.59 Å². The number of rotatable bonds is 5. The Morgan fingerprint density at radius 1 is 1.03 bits per heavy atom. The predicted molar refractivity (Wildman–Crippen MR) is 135 cm³/mol. The van der Waals surface area contributed by atoms with Gasteiger partial charge < -0.3 is 15.2 Å². The molecule has 0 saturated heterocycles. The van der Waals surface area contributed by atoms with Crippen LogP contribution in [0.1, 0.15) is 34.9 Å². The van der Waals surface area contributed by atoms with Gasteiger partial charge in [-0.1, -0.05) is 29.8 Å². The largest absolute Gasteiger partial charge is 0.344 e. The van der Waals surface area contributed by atoms with Gasteiger partial charge in [0.1, 0.15) is 11.7 Å². The van der Waals surface area contributed by atoms with Crippen molar-refractivity contribution in [1.82, 2.24) is 9.88 Å². The molecule has 0 aliphatic heterocycles. The average Bonchev–Trinajstić information content (AvgIpc) is 2.70. The summed E-state index contributed by atoms with van der Waals surface area (Å²) in [5.74, 6) is -0.707.